The minimum absolute atomic E-state index is 0.0339. The van der Waals surface area contributed by atoms with Crippen molar-refractivity contribution in [1.29, 1.82) is 0 Å². The molecule has 2 aromatic rings. The number of morpholine rings is 1. The molecule has 1 saturated heterocycles. The first kappa shape index (κ1) is 23.8. The largest absolute Gasteiger partial charge is 0.467 e. The van der Waals surface area contributed by atoms with E-state index in [1.54, 1.807) is 31.3 Å². The molecule has 0 spiro atoms. The van der Waals surface area contributed by atoms with Crippen LogP contribution in [0.2, 0.25) is 10.0 Å². The maximum absolute atomic E-state index is 13.4. The van der Waals surface area contributed by atoms with Crippen molar-refractivity contribution in [3.05, 3.63) is 81.4 Å². The molecular weight excluding hydrogens is 468 g/mol. The predicted octanol–water partition coefficient (Wildman–Crippen LogP) is 4.17. The zero-order chi connectivity index (χ0) is 23.4. The van der Waals surface area contributed by atoms with Crippen LogP contribution in [-0.4, -0.2) is 43.2 Å². The normalized spacial score (nSPS) is 22.9. The molecule has 1 amide bonds. The Hall–Kier alpha value is -2.32. The number of rotatable bonds is 7. The average Bonchev–Trinajstić information content (AvgIpc) is 3.17. The van der Waals surface area contributed by atoms with E-state index in [0.29, 0.717) is 41.1 Å². The summed E-state index contributed by atoms with van der Waals surface area (Å²) in [5.41, 5.74) is 0.686. The summed E-state index contributed by atoms with van der Waals surface area (Å²) in [5.74, 6) is 0.113. The first-order chi connectivity index (χ1) is 15.8. The fourth-order valence-electron chi connectivity index (χ4n) is 4.06. The van der Waals surface area contributed by atoms with Crippen LogP contribution in [0.5, 0.6) is 0 Å². The lowest BCUT2D eigenvalue weighted by Crippen LogP contribution is -2.48. The van der Waals surface area contributed by atoms with Crippen molar-refractivity contribution >= 4 is 29.1 Å². The van der Waals surface area contributed by atoms with E-state index < -0.39 is 5.72 Å². The second-order valence-corrected chi connectivity index (χ2v) is 9.11. The third-order valence-electron chi connectivity index (χ3n) is 5.70. The summed E-state index contributed by atoms with van der Waals surface area (Å²) in [4.78, 5) is 15.1. The maximum atomic E-state index is 13.4. The third kappa shape index (κ3) is 5.98. The van der Waals surface area contributed by atoms with Gasteiger partial charge in [-0.3, -0.25) is 9.69 Å². The van der Waals surface area contributed by atoms with Crippen LogP contribution in [0, 0.1) is 5.82 Å². The monoisotopic (exact) mass is 493 g/mol. The van der Waals surface area contributed by atoms with Gasteiger partial charge in [-0.05, 0) is 36.8 Å². The van der Waals surface area contributed by atoms with Crippen LogP contribution in [0.1, 0.15) is 24.5 Å². The van der Waals surface area contributed by atoms with Crippen molar-refractivity contribution in [1.82, 2.24) is 15.5 Å². The lowest BCUT2D eigenvalue weighted by molar-refractivity contribution is -0.128. The fourth-order valence-corrected chi connectivity index (χ4v) is 4.38. The summed E-state index contributed by atoms with van der Waals surface area (Å²) < 4.78 is 25.2. The van der Waals surface area contributed by atoms with E-state index in [-0.39, 0.29) is 24.2 Å². The highest BCUT2D eigenvalue weighted by Crippen LogP contribution is 2.33. The maximum Gasteiger partial charge on any atom is 0.226 e. The number of halogens is 3. The number of ether oxygens (including phenoxy) is 2. The zero-order valence-corrected chi connectivity index (χ0v) is 19.8. The van der Waals surface area contributed by atoms with Crippen LogP contribution in [0.3, 0.4) is 0 Å². The number of benzene rings is 2. The lowest BCUT2D eigenvalue weighted by Gasteiger charge is -2.33. The van der Waals surface area contributed by atoms with E-state index in [1.165, 1.54) is 12.1 Å². The molecule has 176 valence electrons. The van der Waals surface area contributed by atoms with Gasteiger partial charge in [-0.2, -0.15) is 0 Å². The number of allylic oxidation sites excluding steroid dienone is 1. The molecule has 2 aliphatic heterocycles. The molecule has 9 heteroatoms. The summed E-state index contributed by atoms with van der Waals surface area (Å²) in [7, 11) is 0. The minimum Gasteiger partial charge on any atom is -0.467 e. The summed E-state index contributed by atoms with van der Waals surface area (Å²) in [6.45, 7) is 4.95. The summed E-state index contributed by atoms with van der Waals surface area (Å²) >= 11 is 12.1. The van der Waals surface area contributed by atoms with Gasteiger partial charge in [0.05, 0.1) is 29.2 Å². The fraction of sp³-hybridized carbons (Fsp3) is 0.375. The molecule has 2 aromatic carbocycles. The number of nitrogens with one attached hydrogen (secondary N) is 2. The van der Waals surface area contributed by atoms with Gasteiger partial charge in [0.15, 0.2) is 0 Å². The molecule has 0 aliphatic carbocycles. The van der Waals surface area contributed by atoms with Gasteiger partial charge in [0.2, 0.25) is 11.6 Å². The van der Waals surface area contributed by atoms with Crippen LogP contribution in [0.15, 0.2) is 54.4 Å². The second-order valence-electron chi connectivity index (χ2n) is 8.29. The smallest absolute Gasteiger partial charge is 0.226 e. The second kappa shape index (κ2) is 10.3. The Balaban J connectivity index is 1.32. The van der Waals surface area contributed by atoms with Gasteiger partial charge in [-0.25, -0.2) is 4.39 Å². The Morgan fingerprint density at radius 2 is 2.03 bits per heavy atom. The molecule has 0 saturated carbocycles. The number of hydrogen-bond acceptors (Lipinski definition) is 5. The van der Waals surface area contributed by atoms with Crippen LogP contribution in [-0.2, 0) is 26.5 Å². The SMILES string of the molecule is CC1=CNC(CC(=O)NCC2CN(Cc3ccc(Cl)c(Cl)c3)CCO2)(c2ccc(F)cc2)O1. The molecule has 0 radical (unpaired) electrons. The quantitative estimate of drug-likeness (QED) is 0.605. The van der Waals surface area contributed by atoms with Gasteiger partial charge in [0, 0.05) is 37.9 Å². The molecular formula is C24H26Cl2FN3O3. The van der Waals surface area contributed by atoms with Crippen LogP contribution in [0.4, 0.5) is 4.39 Å². The highest BCUT2D eigenvalue weighted by atomic mass is 35.5. The molecule has 6 nitrogen and oxygen atoms in total. The van der Waals surface area contributed by atoms with Gasteiger partial charge in [-0.15, -0.1) is 0 Å². The lowest BCUT2D eigenvalue weighted by atomic mass is 9.98. The summed E-state index contributed by atoms with van der Waals surface area (Å²) in [5, 5.41) is 7.17. The van der Waals surface area contributed by atoms with E-state index in [4.69, 9.17) is 32.7 Å². The minimum atomic E-state index is -1.06. The molecule has 0 aromatic heterocycles. The van der Waals surface area contributed by atoms with Gasteiger partial charge < -0.3 is 20.1 Å². The first-order valence-corrected chi connectivity index (χ1v) is 11.5. The molecule has 2 atom stereocenters. The third-order valence-corrected chi connectivity index (χ3v) is 6.44. The molecule has 4 rings (SSSR count). The molecule has 2 unspecified atom stereocenters. The van der Waals surface area contributed by atoms with Crippen LogP contribution >= 0.6 is 23.2 Å². The van der Waals surface area contributed by atoms with Crippen molar-refractivity contribution in [3.63, 3.8) is 0 Å². The van der Waals surface area contributed by atoms with E-state index in [2.05, 4.69) is 15.5 Å². The Labute approximate surface area is 202 Å². The van der Waals surface area contributed by atoms with Crippen molar-refractivity contribution in [3.8, 4) is 0 Å². The Morgan fingerprint density at radius 3 is 2.73 bits per heavy atom. The summed E-state index contributed by atoms with van der Waals surface area (Å²) in [6, 6.07) is 11.6. The number of carbonyl (C=O) groups is 1. The van der Waals surface area contributed by atoms with E-state index >= 15 is 0 Å². The van der Waals surface area contributed by atoms with Gasteiger partial charge in [0.1, 0.15) is 11.6 Å². The van der Waals surface area contributed by atoms with Crippen LogP contribution in [0.25, 0.3) is 0 Å². The molecule has 2 N–H and O–H groups in total. The molecule has 33 heavy (non-hydrogen) atoms. The van der Waals surface area contributed by atoms with Gasteiger partial charge in [0.25, 0.3) is 0 Å². The van der Waals surface area contributed by atoms with E-state index in [9.17, 15) is 9.18 Å². The number of nitrogens with zero attached hydrogens (tertiary/aromatic N) is 1. The van der Waals surface area contributed by atoms with Gasteiger partial charge >= 0.3 is 0 Å². The summed E-state index contributed by atoms with van der Waals surface area (Å²) in [6.07, 6.45) is 1.61. The molecule has 0 bridgehead atoms. The molecule has 2 aliphatic rings. The Bertz CT molecular complexity index is 1030. The van der Waals surface area contributed by atoms with Crippen molar-refractivity contribution in [2.75, 3.05) is 26.2 Å². The van der Waals surface area contributed by atoms with Crippen LogP contribution < -0.4 is 10.6 Å². The first-order valence-electron chi connectivity index (χ1n) is 10.8. The van der Waals surface area contributed by atoms with E-state index in [1.807, 2.05) is 12.1 Å². The highest BCUT2D eigenvalue weighted by molar-refractivity contribution is 6.42. The Morgan fingerprint density at radius 1 is 1.24 bits per heavy atom. The van der Waals surface area contributed by atoms with Crippen molar-refractivity contribution in [2.24, 2.45) is 0 Å². The predicted molar refractivity (Wildman–Crippen MR) is 125 cm³/mol. The van der Waals surface area contributed by atoms with Crippen molar-refractivity contribution < 1.29 is 18.7 Å². The average molecular weight is 494 g/mol. The topological polar surface area (TPSA) is 62.8 Å². The molecule has 1 fully saturated rings. The standard InChI is InChI=1S/C24H26Cl2FN3O3/c1-16-12-29-24(33-16,18-3-5-19(27)6-4-18)11-23(31)28-13-20-15-30(8-9-32-20)14-17-2-7-21(25)22(26)10-17/h2-7,10,12,20,29H,8-9,11,13-15H2,1H3,(H,28,31). The van der Waals surface area contributed by atoms with Gasteiger partial charge in [-0.1, -0.05) is 41.4 Å². The highest BCUT2D eigenvalue weighted by Gasteiger charge is 2.39. The van der Waals surface area contributed by atoms with Crippen molar-refractivity contribution in [2.45, 2.75) is 31.7 Å². The molecule has 2 heterocycles. The number of hydrogen-bond donors (Lipinski definition) is 2. The number of carbonyl (C=O) groups excluding carboxylic acids is 1. The Kier molecular flexibility index (Phi) is 7.44. The zero-order valence-electron chi connectivity index (χ0n) is 18.2. The van der Waals surface area contributed by atoms with E-state index in [0.717, 1.165) is 18.7 Å². The number of amides is 1.